The molecule has 1 N–H and O–H groups in total. The van der Waals surface area contributed by atoms with Crippen molar-refractivity contribution in [1.29, 1.82) is 0 Å². The number of aromatic nitrogens is 2. The predicted molar refractivity (Wildman–Crippen MR) is 138 cm³/mol. The molecule has 0 aliphatic carbocycles. The average Bonchev–Trinajstić information content (AvgIpc) is 2.79. The number of aliphatic carboxylic acids is 1. The number of nitrogens with zero attached hydrogens (tertiary/aromatic N) is 2. The van der Waals surface area contributed by atoms with Crippen LogP contribution in [0.3, 0.4) is 0 Å². The molecule has 0 aliphatic heterocycles. The number of carboxylic acid groups (broad SMARTS) is 1. The highest BCUT2D eigenvalue weighted by Crippen LogP contribution is 2.40. The van der Waals surface area contributed by atoms with Gasteiger partial charge in [-0.25, -0.2) is 4.79 Å². The molecule has 0 unspecified atom stereocenters. The number of carboxylic acids is 1. The molecule has 7 heteroatoms. The summed E-state index contributed by atoms with van der Waals surface area (Å²) in [4.78, 5) is 29.5. The molecule has 2 aromatic carbocycles. The molecule has 2 aromatic heterocycles. The molecule has 4 aromatic rings. The summed E-state index contributed by atoms with van der Waals surface area (Å²) in [7, 11) is 0. The zero-order valence-corrected chi connectivity index (χ0v) is 20.8. The van der Waals surface area contributed by atoms with Crippen LogP contribution in [0.5, 0.6) is 0 Å². The molecule has 0 amide bonds. The molecule has 4 rings (SSSR count). The van der Waals surface area contributed by atoms with Crippen LogP contribution < -0.4 is 5.56 Å². The van der Waals surface area contributed by atoms with E-state index >= 15 is 0 Å². The van der Waals surface area contributed by atoms with Gasteiger partial charge in [0.05, 0.1) is 17.7 Å². The van der Waals surface area contributed by atoms with Gasteiger partial charge in [-0.05, 0) is 86.3 Å². The lowest BCUT2D eigenvalue weighted by Gasteiger charge is -2.29. The fraction of sp³-hybridized carbons (Fsp3) is 0.250. The lowest BCUT2D eigenvalue weighted by molar-refractivity contribution is -0.160. The molecular weight excluding hydrogens is 464 g/mol. The molecule has 0 fully saturated rings. The second-order valence-electron chi connectivity index (χ2n) is 9.48. The number of carbonyl (C=O) groups is 1. The minimum absolute atomic E-state index is 0.149. The third-order valence-corrected chi connectivity index (χ3v) is 5.97. The second-order valence-corrected chi connectivity index (χ2v) is 9.92. The number of fused-ring (bicyclic) bond motifs is 1. The summed E-state index contributed by atoms with van der Waals surface area (Å²) in [6.07, 6.45) is 2.18. The zero-order chi connectivity index (χ0) is 25.3. The Morgan fingerprint density at radius 3 is 2.34 bits per heavy atom. The van der Waals surface area contributed by atoms with Gasteiger partial charge in [-0.1, -0.05) is 23.7 Å². The summed E-state index contributed by atoms with van der Waals surface area (Å²) in [5.41, 5.74) is 3.56. The minimum Gasteiger partial charge on any atom is -0.479 e. The summed E-state index contributed by atoms with van der Waals surface area (Å²) >= 11 is 6.16. The van der Waals surface area contributed by atoms with Crippen LogP contribution in [0.4, 0.5) is 0 Å². The van der Waals surface area contributed by atoms with E-state index in [1.807, 2.05) is 58.0 Å². The first-order valence-electron chi connectivity index (χ1n) is 11.3. The quantitative estimate of drug-likeness (QED) is 0.357. The lowest BCUT2D eigenvalue weighted by atomic mass is 9.88. The Morgan fingerprint density at radius 2 is 1.74 bits per heavy atom. The van der Waals surface area contributed by atoms with Gasteiger partial charge in [-0.2, -0.15) is 0 Å². The van der Waals surface area contributed by atoms with Crippen molar-refractivity contribution in [2.24, 2.45) is 0 Å². The van der Waals surface area contributed by atoms with E-state index < -0.39 is 17.7 Å². The highest BCUT2D eigenvalue weighted by atomic mass is 35.5. The standard InChI is InChI=1S/C28H27ClN2O4/c1-17-15-22-21(9-10-23(32)31(22)16-18-11-13-30-14-12-18)25(19-5-7-20(29)8-6-19)24(17)26(27(33)34)35-28(2,3)4/h5-15,26H,16H2,1-4H3,(H,33,34)/t26-/m0/s1. The van der Waals surface area contributed by atoms with Gasteiger partial charge in [0.2, 0.25) is 0 Å². The number of benzene rings is 2. The van der Waals surface area contributed by atoms with E-state index in [1.165, 1.54) is 6.07 Å². The van der Waals surface area contributed by atoms with Crippen LogP contribution in [0.15, 0.2) is 71.8 Å². The van der Waals surface area contributed by atoms with Gasteiger partial charge in [0.1, 0.15) is 0 Å². The van der Waals surface area contributed by atoms with Crippen LogP contribution in [0.2, 0.25) is 5.02 Å². The highest BCUT2D eigenvalue weighted by Gasteiger charge is 2.32. The third-order valence-electron chi connectivity index (χ3n) is 5.72. The molecular formula is C28H27ClN2O4. The van der Waals surface area contributed by atoms with E-state index in [0.29, 0.717) is 33.8 Å². The molecule has 2 heterocycles. The summed E-state index contributed by atoms with van der Waals surface area (Å²) in [6.45, 7) is 7.69. The molecule has 35 heavy (non-hydrogen) atoms. The number of rotatable bonds is 6. The van der Waals surface area contributed by atoms with Crippen LogP contribution in [0.25, 0.3) is 22.0 Å². The van der Waals surface area contributed by atoms with E-state index in [1.54, 1.807) is 35.2 Å². The number of hydrogen-bond donors (Lipinski definition) is 1. The van der Waals surface area contributed by atoms with Crippen LogP contribution in [0, 0.1) is 6.92 Å². The molecule has 0 aliphatic rings. The van der Waals surface area contributed by atoms with Gasteiger partial charge in [0, 0.05) is 34.4 Å². The van der Waals surface area contributed by atoms with Gasteiger partial charge in [-0.3, -0.25) is 9.78 Å². The maximum absolute atomic E-state index is 13.0. The van der Waals surface area contributed by atoms with Crippen molar-refractivity contribution >= 4 is 28.5 Å². The Bertz CT molecular complexity index is 1440. The van der Waals surface area contributed by atoms with E-state index in [0.717, 1.165) is 16.5 Å². The van der Waals surface area contributed by atoms with Crippen LogP contribution >= 0.6 is 11.6 Å². The number of hydrogen-bond acceptors (Lipinski definition) is 4. The maximum atomic E-state index is 13.0. The van der Waals surface area contributed by atoms with Gasteiger partial charge in [0.25, 0.3) is 5.56 Å². The predicted octanol–water partition coefficient (Wildman–Crippen LogP) is 6.01. The molecule has 0 radical (unpaired) electrons. The topological polar surface area (TPSA) is 81.4 Å². The van der Waals surface area contributed by atoms with Crippen LogP contribution in [-0.2, 0) is 16.1 Å². The van der Waals surface area contributed by atoms with E-state index in [4.69, 9.17) is 16.3 Å². The summed E-state index contributed by atoms with van der Waals surface area (Å²) < 4.78 is 7.75. The van der Waals surface area contributed by atoms with E-state index in [9.17, 15) is 14.7 Å². The smallest absolute Gasteiger partial charge is 0.337 e. The molecule has 0 saturated heterocycles. The van der Waals surface area contributed by atoms with Crippen molar-refractivity contribution in [2.75, 3.05) is 0 Å². The largest absolute Gasteiger partial charge is 0.479 e. The molecule has 0 saturated carbocycles. The zero-order valence-electron chi connectivity index (χ0n) is 20.1. The number of aryl methyl sites for hydroxylation is 1. The van der Waals surface area contributed by atoms with Crippen molar-refractivity contribution < 1.29 is 14.6 Å². The minimum atomic E-state index is -1.20. The maximum Gasteiger partial charge on any atom is 0.337 e. The Morgan fingerprint density at radius 1 is 1.09 bits per heavy atom. The van der Waals surface area contributed by atoms with Crippen LogP contribution in [0.1, 0.15) is 43.6 Å². The Hall–Kier alpha value is -3.48. The molecule has 0 bridgehead atoms. The lowest BCUT2D eigenvalue weighted by Crippen LogP contribution is -2.28. The first-order valence-corrected chi connectivity index (χ1v) is 11.7. The van der Waals surface area contributed by atoms with Crippen molar-refractivity contribution in [3.05, 3.63) is 99.1 Å². The highest BCUT2D eigenvalue weighted by molar-refractivity contribution is 6.30. The summed E-state index contributed by atoms with van der Waals surface area (Å²) in [5.74, 6) is -1.08. The van der Waals surface area contributed by atoms with E-state index in [2.05, 4.69) is 4.98 Å². The third kappa shape index (κ3) is 5.29. The van der Waals surface area contributed by atoms with Gasteiger partial charge in [0.15, 0.2) is 6.10 Å². The molecule has 0 spiro atoms. The number of ether oxygens (including phenoxy) is 1. The average molecular weight is 491 g/mol. The first kappa shape index (κ1) is 24.6. The SMILES string of the molecule is Cc1cc2c(ccc(=O)n2Cc2ccncc2)c(-c2ccc(Cl)cc2)c1[C@H](OC(C)(C)C)C(=O)O. The first-order chi connectivity index (χ1) is 16.5. The van der Waals surface area contributed by atoms with Gasteiger partial charge >= 0.3 is 5.97 Å². The molecule has 1 atom stereocenters. The van der Waals surface area contributed by atoms with Crippen molar-refractivity contribution in [1.82, 2.24) is 9.55 Å². The molecule has 180 valence electrons. The van der Waals surface area contributed by atoms with Crippen LogP contribution in [-0.4, -0.2) is 26.2 Å². The normalized spacial score (nSPS) is 12.6. The Balaban J connectivity index is 2.07. The number of halogens is 1. The van der Waals surface area contributed by atoms with Crippen molar-refractivity contribution in [3.8, 4) is 11.1 Å². The second kappa shape index (κ2) is 9.64. The monoisotopic (exact) mass is 490 g/mol. The fourth-order valence-electron chi connectivity index (χ4n) is 4.27. The van der Waals surface area contributed by atoms with Gasteiger partial charge < -0.3 is 14.4 Å². The Kier molecular flexibility index (Phi) is 6.79. The van der Waals surface area contributed by atoms with Crippen molar-refractivity contribution in [2.45, 2.75) is 45.9 Å². The Labute approximate surface area is 208 Å². The fourth-order valence-corrected chi connectivity index (χ4v) is 4.40. The summed E-state index contributed by atoms with van der Waals surface area (Å²) in [6, 6.07) is 16.1. The van der Waals surface area contributed by atoms with Crippen molar-refractivity contribution in [3.63, 3.8) is 0 Å². The van der Waals surface area contributed by atoms with Gasteiger partial charge in [-0.15, -0.1) is 0 Å². The molecule has 6 nitrogen and oxygen atoms in total. The number of pyridine rings is 2. The summed E-state index contributed by atoms with van der Waals surface area (Å²) in [5, 5.41) is 11.5. The van der Waals surface area contributed by atoms with E-state index in [-0.39, 0.29) is 5.56 Å².